The van der Waals surface area contributed by atoms with E-state index in [2.05, 4.69) is 9.97 Å². The number of allylic oxidation sites excluding steroid dienone is 4. The van der Waals surface area contributed by atoms with Gasteiger partial charge in [-0.2, -0.15) is 43.3 Å². The number of halogens is 8. The molecule has 0 amide bonds. The number of nitrogens with zero attached hydrogens (tertiary/aromatic N) is 7. The van der Waals surface area contributed by atoms with Crippen molar-refractivity contribution in [3.63, 3.8) is 0 Å². The summed E-state index contributed by atoms with van der Waals surface area (Å²) in [6, 6.07) is 7.79. The van der Waals surface area contributed by atoms with Crippen molar-refractivity contribution in [3.8, 4) is 18.2 Å². The van der Waals surface area contributed by atoms with E-state index < -0.39 is 74.9 Å². The maximum Gasteiger partial charge on any atom is 0.252 e. The molecule has 0 aromatic carbocycles. The molecular formula is C32H10F8N8S3. The SMILES string of the molecule is Cn1c2cc(/C(C#N)=C(\C#N)c3c(F)c(F)nc(F)c3F)sc2c2sc3c4sc(/C(C=N)=C(\C#N)c5c(F)c(F)nc(F)c5F)cc4n(C)c3c21. The first-order valence-corrected chi connectivity index (χ1v) is 16.3. The zero-order valence-corrected chi connectivity index (χ0v) is 27.6. The lowest BCUT2D eigenvalue weighted by Gasteiger charge is -2.08. The zero-order valence-electron chi connectivity index (χ0n) is 25.1. The third-order valence-electron chi connectivity index (χ3n) is 8.10. The molecule has 51 heavy (non-hydrogen) atoms. The number of nitrogens with one attached hydrogen (secondary N) is 1. The summed E-state index contributed by atoms with van der Waals surface area (Å²) >= 11 is 3.32. The summed E-state index contributed by atoms with van der Waals surface area (Å²) in [4.78, 5) is 5.26. The highest BCUT2D eigenvalue weighted by atomic mass is 32.1. The molecule has 1 N–H and O–H groups in total. The minimum absolute atomic E-state index is 0.0715. The average Bonchev–Trinajstić information content (AvgIpc) is 3.90. The van der Waals surface area contributed by atoms with Gasteiger partial charge in [0, 0.05) is 35.6 Å². The quantitative estimate of drug-likeness (QED) is 0.0811. The number of hydrogen-bond acceptors (Lipinski definition) is 9. The van der Waals surface area contributed by atoms with Crippen LogP contribution in [-0.4, -0.2) is 25.3 Å². The van der Waals surface area contributed by atoms with Crippen LogP contribution in [0.4, 0.5) is 35.1 Å². The van der Waals surface area contributed by atoms with Gasteiger partial charge in [0.2, 0.25) is 0 Å². The molecule has 0 fully saturated rings. The van der Waals surface area contributed by atoms with Crippen LogP contribution < -0.4 is 0 Å². The van der Waals surface area contributed by atoms with E-state index in [0.29, 0.717) is 36.0 Å². The molecule has 8 nitrogen and oxygen atoms in total. The fraction of sp³-hybridized carbons (Fsp3) is 0.0625. The number of aromatic nitrogens is 4. The summed E-state index contributed by atoms with van der Waals surface area (Å²) < 4.78 is 120. The van der Waals surface area contributed by atoms with E-state index in [0.717, 1.165) is 33.7 Å². The van der Waals surface area contributed by atoms with Crippen LogP contribution in [0.1, 0.15) is 20.9 Å². The molecule has 0 aliphatic rings. The van der Waals surface area contributed by atoms with Gasteiger partial charge in [-0.3, -0.25) is 0 Å². The molecule has 0 atom stereocenters. The summed E-state index contributed by atoms with van der Waals surface area (Å²) in [6.45, 7) is 0. The Hall–Kier alpha value is -5.94. The van der Waals surface area contributed by atoms with Crippen LogP contribution in [0.25, 0.3) is 63.2 Å². The molecule has 7 heterocycles. The lowest BCUT2D eigenvalue weighted by atomic mass is 10.00. The molecule has 7 aromatic rings. The van der Waals surface area contributed by atoms with Crippen molar-refractivity contribution >= 4 is 103 Å². The van der Waals surface area contributed by atoms with E-state index in [4.69, 9.17) is 5.41 Å². The van der Waals surface area contributed by atoms with E-state index >= 15 is 0 Å². The Kier molecular flexibility index (Phi) is 7.79. The van der Waals surface area contributed by atoms with Gasteiger partial charge in [0.1, 0.15) is 18.2 Å². The monoisotopic (exact) mass is 754 g/mol. The van der Waals surface area contributed by atoms with Gasteiger partial charge in [-0.05, 0) is 12.1 Å². The normalized spacial score (nSPS) is 12.8. The largest absolute Gasteiger partial charge is 0.340 e. The Bertz CT molecular complexity index is 2880. The Morgan fingerprint density at radius 1 is 0.608 bits per heavy atom. The smallest absolute Gasteiger partial charge is 0.252 e. The lowest BCUT2D eigenvalue weighted by Crippen LogP contribution is -2.06. The summed E-state index contributed by atoms with van der Waals surface area (Å²) in [5, 5.41) is 37.5. The molecule has 0 radical (unpaired) electrons. The number of pyridine rings is 2. The van der Waals surface area contributed by atoms with Crippen molar-refractivity contribution in [2.45, 2.75) is 0 Å². The number of rotatable bonds is 5. The summed E-state index contributed by atoms with van der Waals surface area (Å²) in [6.07, 6.45) is 0.638. The number of thiophene rings is 3. The van der Waals surface area contributed by atoms with Gasteiger partial charge in [-0.1, -0.05) is 0 Å². The van der Waals surface area contributed by atoms with Crippen LogP contribution in [-0.2, 0) is 14.1 Å². The van der Waals surface area contributed by atoms with Crippen LogP contribution in [0.5, 0.6) is 0 Å². The molecule has 252 valence electrons. The average molecular weight is 755 g/mol. The second-order valence-corrected chi connectivity index (χ2v) is 13.8. The highest BCUT2D eigenvalue weighted by Crippen LogP contribution is 2.50. The van der Waals surface area contributed by atoms with Gasteiger partial charge in [0.05, 0.1) is 68.7 Å². The summed E-state index contributed by atoms with van der Waals surface area (Å²) in [5.41, 5.74) is -2.72. The molecule has 0 bridgehead atoms. The van der Waals surface area contributed by atoms with Crippen molar-refractivity contribution in [3.05, 3.63) is 80.1 Å². The molecule has 0 saturated heterocycles. The van der Waals surface area contributed by atoms with Gasteiger partial charge in [0.15, 0.2) is 23.3 Å². The molecule has 7 rings (SSSR count). The van der Waals surface area contributed by atoms with Gasteiger partial charge in [0.25, 0.3) is 23.8 Å². The van der Waals surface area contributed by atoms with E-state index in [1.54, 1.807) is 41.4 Å². The molecule has 0 saturated carbocycles. The molecule has 19 heteroatoms. The molecule has 0 aliphatic heterocycles. The molecule has 0 spiro atoms. The van der Waals surface area contributed by atoms with Crippen LogP contribution >= 0.6 is 34.0 Å². The van der Waals surface area contributed by atoms with Crippen LogP contribution in [0, 0.1) is 86.5 Å². The lowest BCUT2D eigenvalue weighted by molar-refractivity contribution is 0.404. The van der Waals surface area contributed by atoms with Gasteiger partial charge >= 0.3 is 0 Å². The van der Waals surface area contributed by atoms with Crippen LogP contribution in [0.2, 0.25) is 0 Å². The van der Waals surface area contributed by atoms with Crippen molar-refractivity contribution in [1.29, 1.82) is 21.2 Å². The van der Waals surface area contributed by atoms with Crippen LogP contribution in [0.15, 0.2) is 12.1 Å². The molecule has 7 aromatic heterocycles. The van der Waals surface area contributed by atoms with E-state index in [-0.39, 0.29) is 15.3 Å². The zero-order chi connectivity index (χ0) is 36.8. The Morgan fingerprint density at radius 2 is 1.00 bits per heavy atom. The van der Waals surface area contributed by atoms with Crippen LogP contribution in [0.3, 0.4) is 0 Å². The highest BCUT2D eigenvalue weighted by molar-refractivity contribution is 7.34. The minimum atomic E-state index is -1.99. The predicted molar refractivity (Wildman–Crippen MR) is 175 cm³/mol. The fourth-order valence-corrected chi connectivity index (χ4v) is 9.87. The van der Waals surface area contributed by atoms with Crippen molar-refractivity contribution < 1.29 is 35.1 Å². The van der Waals surface area contributed by atoms with Gasteiger partial charge < -0.3 is 14.5 Å². The Morgan fingerprint density at radius 3 is 1.41 bits per heavy atom. The predicted octanol–water partition coefficient (Wildman–Crippen LogP) is 9.11. The second kappa shape index (κ2) is 11.8. The molecule has 0 aliphatic carbocycles. The molecule has 0 unspecified atom stereocenters. The maximum atomic E-state index is 14.6. The summed E-state index contributed by atoms with van der Waals surface area (Å²) in [5.74, 6) is -15.6. The van der Waals surface area contributed by atoms with Crippen molar-refractivity contribution in [2.75, 3.05) is 0 Å². The first-order chi connectivity index (χ1) is 24.3. The minimum Gasteiger partial charge on any atom is -0.340 e. The Balaban J connectivity index is 1.44. The number of nitriles is 3. The summed E-state index contributed by atoms with van der Waals surface area (Å²) in [7, 11) is 3.43. The Labute approximate surface area is 290 Å². The number of aryl methyl sites for hydroxylation is 2. The first kappa shape index (κ1) is 33.6. The third-order valence-corrected chi connectivity index (χ3v) is 11.9. The van der Waals surface area contributed by atoms with Crippen molar-refractivity contribution in [1.82, 2.24) is 19.1 Å². The first-order valence-electron chi connectivity index (χ1n) is 13.8. The fourth-order valence-electron chi connectivity index (χ4n) is 5.83. The van der Waals surface area contributed by atoms with E-state index in [1.165, 1.54) is 23.5 Å². The highest BCUT2D eigenvalue weighted by Gasteiger charge is 2.30. The maximum absolute atomic E-state index is 14.6. The van der Waals surface area contributed by atoms with E-state index in [1.807, 2.05) is 0 Å². The van der Waals surface area contributed by atoms with Crippen molar-refractivity contribution in [2.24, 2.45) is 14.1 Å². The third kappa shape index (κ3) is 4.61. The number of hydrogen-bond donors (Lipinski definition) is 1. The standard InChI is InChI=1S/C32H10F8N8S3/c1-47-13-3-15(9(5-41)11(7-43)17-19(33)29(37)45-30(38)20(17)34)49-25(13)27-23(47)24-28(51-27)26-14(48(24)2)4-16(50-26)10(6-42)12(8-44)18-21(35)31(39)46-32(40)22(18)36/h3-5,41H,1-2H3/b11-9+,12-10+,41-5?. The topological polar surface area (TPSA) is 131 Å². The second-order valence-electron chi connectivity index (χ2n) is 10.6. The van der Waals surface area contributed by atoms with E-state index in [9.17, 15) is 50.9 Å². The van der Waals surface area contributed by atoms with Gasteiger partial charge in [-0.25, -0.2) is 17.6 Å². The number of fused-ring (bicyclic) bond motifs is 7. The van der Waals surface area contributed by atoms with Gasteiger partial charge in [-0.15, -0.1) is 34.0 Å². The molecular weight excluding hydrogens is 745 g/mol.